The van der Waals surface area contributed by atoms with Gasteiger partial charge in [-0.25, -0.2) is 0 Å². The second-order valence-electron chi connectivity index (χ2n) is 4.75. The average molecular weight is 214 g/mol. The molecule has 1 heterocycles. The summed E-state index contributed by atoms with van der Waals surface area (Å²) in [7, 11) is 0. The molecule has 1 aliphatic heterocycles. The molecule has 1 aliphatic rings. The third-order valence-corrected chi connectivity index (χ3v) is 2.52. The molecule has 0 radical (unpaired) electrons. The van der Waals surface area contributed by atoms with E-state index in [-0.39, 0.29) is 36.2 Å². The molecule has 1 saturated heterocycles. The van der Waals surface area contributed by atoms with E-state index in [0.29, 0.717) is 13.1 Å². The fourth-order valence-corrected chi connectivity index (χ4v) is 1.32. The first-order valence-electron chi connectivity index (χ1n) is 5.10. The van der Waals surface area contributed by atoms with Crippen LogP contribution in [0, 0.1) is 11.3 Å². The van der Waals surface area contributed by atoms with Crippen molar-refractivity contribution in [1.82, 2.24) is 10.6 Å². The van der Waals surface area contributed by atoms with Gasteiger partial charge in [-0.1, -0.05) is 13.8 Å². The second-order valence-corrected chi connectivity index (χ2v) is 4.75. The lowest BCUT2D eigenvalue weighted by Gasteiger charge is -2.22. The summed E-state index contributed by atoms with van der Waals surface area (Å²) < 4.78 is 0. The molecule has 15 heavy (non-hydrogen) atoms. The van der Waals surface area contributed by atoms with Crippen molar-refractivity contribution in [2.45, 2.75) is 20.3 Å². The summed E-state index contributed by atoms with van der Waals surface area (Å²) in [5.41, 5.74) is -0.314. The van der Waals surface area contributed by atoms with E-state index in [4.69, 9.17) is 5.11 Å². The highest BCUT2D eigenvalue weighted by atomic mass is 16.3. The van der Waals surface area contributed by atoms with Crippen LogP contribution in [0.1, 0.15) is 20.3 Å². The van der Waals surface area contributed by atoms with Gasteiger partial charge in [0.1, 0.15) is 0 Å². The molecular weight excluding hydrogens is 196 g/mol. The predicted octanol–water partition coefficient (Wildman–Crippen LogP) is -0.743. The first-order valence-corrected chi connectivity index (χ1v) is 5.10. The minimum absolute atomic E-state index is 0.0229. The third kappa shape index (κ3) is 3.51. The molecule has 5 heteroatoms. The molecule has 1 atom stereocenters. The summed E-state index contributed by atoms with van der Waals surface area (Å²) in [4.78, 5) is 22.5. The van der Waals surface area contributed by atoms with Crippen molar-refractivity contribution < 1.29 is 14.7 Å². The molecule has 2 amide bonds. The summed E-state index contributed by atoms with van der Waals surface area (Å²) in [6.07, 6.45) is 0.269. The number of rotatable bonds is 4. The van der Waals surface area contributed by atoms with Gasteiger partial charge in [-0.15, -0.1) is 0 Å². The Morgan fingerprint density at radius 2 is 2.33 bits per heavy atom. The number of carbonyl (C=O) groups is 2. The fourth-order valence-electron chi connectivity index (χ4n) is 1.32. The van der Waals surface area contributed by atoms with E-state index in [1.54, 1.807) is 0 Å². The fraction of sp³-hybridized carbons (Fsp3) is 0.800. The van der Waals surface area contributed by atoms with Crippen LogP contribution in [0.2, 0.25) is 0 Å². The maximum atomic E-state index is 11.6. The predicted molar refractivity (Wildman–Crippen MR) is 55.0 cm³/mol. The number of aliphatic hydroxyl groups is 1. The summed E-state index contributed by atoms with van der Waals surface area (Å²) in [5, 5.41) is 14.4. The van der Waals surface area contributed by atoms with Crippen LogP contribution < -0.4 is 10.6 Å². The maximum absolute atomic E-state index is 11.6. The van der Waals surface area contributed by atoms with Crippen molar-refractivity contribution in [1.29, 1.82) is 0 Å². The van der Waals surface area contributed by atoms with Crippen molar-refractivity contribution in [3.63, 3.8) is 0 Å². The number of nitrogens with one attached hydrogen (secondary N) is 2. The van der Waals surface area contributed by atoms with Crippen molar-refractivity contribution in [3.8, 4) is 0 Å². The van der Waals surface area contributed by atoms with Gasteiger partial charge in [0, 0.05) is 31.5 Å². The van der Waals surface area contributed by atoms with Gasteiger partial charge in [0.15, 0.2) is 0 Å². The van der Waals surface area contributed by atoms with E-state index in [9.17, 15) is 9.59 Å². The minimum atomic E-state index is -0.314. The van der Waals surface area contributed by atoms with Crippen molar-refractivity contribution in [2.75, 3.05) is 19.7 Å². The summed E-state index contributed by atoms with van der Waals surface area (Å²) in [6.45, 7) is 4.60. The van der Waals surface area contributed by atoms with Gasteiger partial charge < -0.3 is 15.7 Å². The third-order valence-electron chi connectivity index (χ3n) is 2.52. The molecule has 0 aromatic carbocycles. The SMILES string of the molecule is CC(C)(CO)CNC(=O)C1CNC(=O)C1. The van der Waals surface area contributed by atoms with Gasteiger partial charge in [-0.2, -0.15) is 0 Å². The first-order chi connectivity index (χ1) is 6.94. The van der Waals surface area contributed by atoms with Crippen molar-refractivity contribution in [3.05, 3.63) is 0 Å². The molecule has 1 rings (SSSR count). The summed E-state index contributed by atoms with van der Waals surface area (Å²) in [5.74, 6) is -0.446. The smallest absolute Gasteiger partial charge is 0.225 e. The van der Waals surface area contributed by atoms with Gasteiger partial charge in [0.05, 0.1) is 5.92 Å². The monoisotopic (exact) mass is 214 g/mol. The number of amides is 2. The van der Waals surface area contributed by atoms with Gasteiger partial charge in [0.25, 0.3) is 0 Å². The van der Waals surface area contributed by atoms with Crippen LogP contribution in [0.15, 0.2) is 0 Å². The molecule has 1 unspecified atom stereocenters. The molecule has 86 valence electrons. The number of hydrogen-bond acceptors (Lipinski definition) is 3. The molecule has 3 N–H and O–H groups in total. The zero-order valence-electron chi connectivity index (χ0n) is 9.17. The summed E-state index contributed by atoms with van der Waals surface area (Å²) >= 11 is 0. The summed E-state index contributed by atoms with van der Waals surface area (Å²) in [6, 6.07) is 0. The normalized spacial score (nSPS) is 21.3. The Morgan fingerprint density at radius 3 is 2.80 bits per heavy atom. The lowest BCUT2D eigenvalue weighted by Crippen LogP contribution is -2.39. The van der Waals surface area contributed by atoms with Crippen LogP contribution in [0.3, 0.4) is 0 Å². The minimum Gasteiger partial charge on any atom is -0.396 e. The van der Waals surface area contributed by atoms with Crippen LogP contribution in [-0.2, 0) is 9.59 Å². The highest BCUT2D eigenvalue weighted by Gasteiger charge is 2.28. The molecule has 0 bridgehead atoms. The van der Waals surface area contributed by atoms with Crippen LogP contribution >= 0.6 is 0 Å². The molecule has 0 saturated carbocycles. The number of hydrogen-bond donors (Lipinski definition) is 3. The van der Waals surface area contributed by atoms with E-state index in [2.05, 4.69) is 10.6 Å². The van der Waals surface area contributed by atoms with Crippen LogP contribution in [0.5, 0.6) is 0 Å². The lowest BCUT2D eigenvalue weighted by molar-refractivity contribution is -0.126. The largest absolute Gasteiger partial charge is 0.396 e. The molecule has 0 spiro atoms. The van der Waals surface area contributed by atoms with E-state index < -0.39 is 0 Å². The Hall–Kier alpha value is -1.10. The van der Waals surface area contributed by atoms with Crippen LogP contribution in [0.4, 0.5) is 0 Å². The van der Waals surface area contributed by atoms with Gasteiger partial charge in [0.2, 0.25) is 11.8 Å². The molecule has 0 aromatic rings. The van der Waals surface area contributed by atoms with E-state index in [1.165, 1.54) is 0 Å². The highest BCUT2D eigenvalue weighted by Crippen LogP contribution is 2.13. The standard InChI is InChI=1S/C10H18N2O3/c1-10(2,6-13)5-12-9(15)7-3-8(14)11-4-7/h7,13H,3-6H2,1-2H3,(H,11,14)(H,12,15). The van der Waals surface area contributed by atoms with Gasteiger partial charge >= 0.3 is 0 Å². The van der Waals surface area contributed by atoms with Crippen LogP contribution in [-0.4, -0.2) is 36.6 Å². The topological polar surface area (TPSA) is 78.4 Å². The average Bonchev–Trinajstić information content (AvgIpc) is 2.61. The molecule has 5 nitrogen and oxygen atoms in total. The zero-order valence-corrected chi connectivity index (χ0v) is 9.17. The lowest BCUT2D eigenvalue weighted by atomic mass is 9.94. The quantitative estimate of drug-likeness (QED) is 0.576. The maximum Gasteiger partial charge on any atom is 0.225 e. The van der Waals surface area contributed by atoms with E-state index in [1.807, 2.05) is 13.8 Å². The highest BCUT2D eigenvalue weighted by molar-refractivity contribution is 5.89. The number of aliphatic hydroxyl groups excluding tert-OH is 1. The zero-order chi connectivity index (χ0) is 11.5. The Balaban J connectivity index is 2.33. The van der Waals surface area contributed by atoms with E-state index in [0.717, 1.165) is 0 Å². The first kappa shape index (κ1) is 12.0. The van der Waals surface area contributed by atoms with Crippen molar-refractivity contribution in [2.24, 2.45) is 11.3 Å². The molecule has 0 aliphatic carbocycles. The Labute approximate surface area is 89.2 Å². The van der Waals surface area contributed by atoms with E-state index >= 15 is 0 Å². The molecular formula is C10H18N2O3. The number of carbonyl (C=O) groups excluding carboxylic acids is 2. The Morgan fingerprint density at radius 1 is 1.67 bits per heavy atom. The second kappa shape index (κ2) is 4.61. The Kier molecular flexibility index (Phi) is 3.68. The molecule has 1 fully saturated rings. The van der Waals surface area contributed by atoms with Gasteiger partial charge in [-0.3, -0.25) is 9.59 Å². The molecule has 0 aromatic heterocycles. The van der Waals surface area contributed by atoms with Crippen LogP contribution in [0.25, 0.3) is 0 Å². The Bertz CT molecular complexity index is 263. The van der Waals surface area contributed by atoms with Gasteiger partial charge in [-0.05, 0) is 0 Å². The van der Waals surface area contributed by atoms with Crippen molar-refractivity contribution >= 4 is 11.8 Å².